The molecule has 1 aliphatic rings. The number of amides is 1. The van der Waals surface area contributed by atoms with Gasteiger partial charge in [-0.25, -0.2) is 0 Å². The lowest BCUT2D eigenvalue weighted by Gasteiger charge is -2.30. The lowest BCUT2D eigenvalue weighted by Crippen LogP contribution is -2.37. The van der Waals surface area contributed by atoms with Crippen LogP contribution in [0, 0.1) is 5.92 Å². The highest BCUT2D eigenvalue weighted by molar-refractivity contribution is 5.97. The van der Waals surface area contributed by atoms with Crippen molar-refractivity contribution in [3.8, 4) is 0 Å². The molecule has 0 unspecified atom stereocenters. The maximum atomic E-state index is 12.2. The van der Waals surface area contributed by atoms with Gasteiger partial charge in [0, 0.05) is 13.1 Å². The molecule has 0 bridgehead atoms. The molecule has 1 amide bonds. The van der Waals surface area contributed by atoms with Crippen LogP contribution >= 0.6 is 0 Å². The number of nitrogens with two attached hydrogens (primary N) is 1. The van der Waals surface area contributed by atoms with Gasteiger partial charge < -0.3 is 16.0 Å². The molecule has 3 N–H and O–H groups in total. The Balaban J connectivity index is 2.07. The van der Waals surface area contributed by atoms with Gasteiger partial charge in [-0.1, -0.05) is 26.0 Å². The molecule has 0 spiro atoms. The van der Waals surface area contributed by atoms with Gasteiger partial charge in [0.2, 0.25) is 5.91 Å². The van der Waals surface area contributed by atoms with Gasteiger partial charge in [0.1, 0.15) is 0 Å². The summed E-state index contributed by atoms with van der Waals surface area (Å²) in [5.74, 6) is 0.330. The van der Waals surface area contributed by atoms with Gasteiger partial charge in [-0.05, 0) is 43.7 Å². The molecule has 1 saturated heterocycles. The SMILES string of the molecule is CC(C)C[C@@H](N)C(=O)Nc1ccccc1N1CCCCC1. The largest absolute Gasteiger partial charge is 0.370 e. The Labute approximate surface area is 127 Å². The number of nitrogens with one attached hydrogen (secondary N) is 1. The smallest absolute Gasteiger partial charge is 0.241 e. The first kappa shape index (κ1) is 15.8. The number of carbonyl (C=O) groups is 1. The molecule has 0 radical (unpaired) electrons. The lowest BCUT2D eigenvalue weighted by molar-refractivity contribution is -0.117. The van der Waals surface area contributed by atoms with Crippen molar-refractivity contribution in [1.82, 2.24) is 0 Å². The molecule has 1 aromatic carbocycles. The first-order chi connectivity index (χ1) is 10.1. The minimum atomic E-state index is -0.445. The second kappa shape index (κ2) is 7.46. The van der Waals surface area contributed by atoms with Crippen molar-refractivity contribution >= 4 is 17.3 Å². The number of nitrogens with zero attached hydrogens (tertiary/aromatic N) is 1. The van der Waals surface area contributed by atoms with E-state index in [0.717, 1.165) is 24.5 Å². The van der Waals surface area contributed by atoms with Crippen LogP contribution in [0.2, 0.25) is 0 Å². The molecular formula is C17H27N3O. The summed E-state index contributed by atoms with van der Waals surface area (Å²) in [5, 5.41) is 3.01. The number of hydrogen-bond donors (Lipinski definition) is 2. The average molecular weight is 289 g/mol. The van der Waals surface area contributed by atoms with Crippen LogP contribution in [0.3, 0.4) is 0 Å². The number of rotatable bonds is 5. The van der Waals surface area contributed by atoms with Gasteiger partial charge in [0.15, 0.2) is 0 Å². The number of carbonyl (C=O) groups excluding carboxylic acids is 1. The Morgan fingerprint density at radius 1 is 1.24 bits per heavy atom. The monoisotopic (exact) mass is 289 g/mol. The maximum Gasteiger partial charge on any atom is 0.241 e. The summed E-state index contributed by atoms with van der Waals surface area (Å²) >= 11 is 0. The zero-order valence-corrected chi connectivity index (χ0v) is 13.1. The second-order valence-electron chi connectivity index (χ2n) is 6.29. The van der Waals surface area contributed by atoms with Crippen LogP contribution in [-0.2, 0) is 4.79 Å². The summed E-state index contributed by atoms with van der Waals surface area (Å²) in [6.45, 7) is 6.28. The van der Waals surface area contributed by atoms with E-state index in [1.807, 2.05) is 18.2 Å². The van der Waals surface area contributed by atoms with Gasteiger partial charge in [0.05, 0.1) is 17.4 Å². The molecule has 1 aromatic rings. The fourth-order valence-corrected chi connectivity index (χ4v) is 2.83. The fourth-order valence-electron chi connectivity index (χ4n) is 2.83. The third-order valence-corrected chi connectivity index (χ3v) is 3.92. The van der Waals surface area contributed by atoms with Gasteiger partial charge >= 0.3 is 0 Å². The molecular weight excluding hydrogens is 262 g/mol. The third-order valence-electron chi connectivity index (χ3n) is 3.92. The zero-order chi connectivity index (χ0) is 15.2. The van der Waals surface area contributed by atoms with Crippen LogP contribution < -0.4 is 16.0 Å². The van der Waals surface area contributed by atoms with Gasteiger partial charge in [-0.15, -0.1) is 0 Å². The lowest BCUT2D eigenvalue weighted by atomic mass is 10.0. The second-order valence-corrected chi connectivity index (χ2v) is 6.29. The standard InChI is InChI=1S/C17H27N3O/c1-13(2)12-14(18)17(21)19-15-8-4-5-9-16(15)20-10-6-3-7-11-20/h4-5,8-9,13-14H,3,6-7,10-12,18H2,1-2H3,(H,19,21)/t14-/m1/s1. The van der Waals surface area contributed by atoms with Crippen LogP contribution in [-0.4, -0.2) is 25.0 Å². The van der Waals surface area contributed by atoms with E-state index in [1.54, 1.807) is 0 Å². The topological polar surface area (TPSA) is 58.4 Å². The van der Waals surface area contributed by atoms with E-state index in [0.29, 0.717) is 12.3 Å². The molecule has 116 valence electrons. The summed E-state index contributed by atoms with van der Waals surface area (Å²) in [7, 11) is 0. The first-order valence-corrected chi connectivity index (χ1v) is 7.98. The number of piperidine rings is 1. The van der Waals surface area contributed by atoms with Crippen molar-refractivity contribution in [3.63, 3.8) is 0 Å². The maximum absolute atomic E-state index is 12.2. The van der Waals surface area contributed by atoms with E-state index in [2.05, 4.69) is 30.1 Å². The highest BCUT2D eigenvalue weighted by atomic mass is 16.2. The predicted octanol–water partition coefficient (Wildman–Crippen LogP) is 2.99. The van der Waals surface area contributed by atoms with Crippen LogP contribution in [0.1, 0.15) is 39.5 Å². The zero-order valence-electron chi connectivity index (χ0n) is 13.1. The molecule has 4 nitrogen and oxygen atoms in total. The van der Waals surface area contributed by atoms with Crippen molar-refractivity contribution in [2.24, 2.45) is 11.7 Å². The van der Waals surface area contributed by atoms with Gasteiger partial charge in [-0.2, -0.15) is 0 Å². The van der Waals surface area contributed by atoms with Crippen molar-refractivity contribution in [2.45, 2.75) is 45.6 Å². The van der Waals surface area contributed by atoms with Crippen molar-refractivity contribution in [2.75, 3.05) is 23.3 Å². The summed E-state index contributed by atoms with van der Waals surface area (Å²) < 4.78 is 0. The minimum Gasteiger partial charge on any atom is -0.370 e. The summed E-state index contributed by atoms with van der Waals surface area (Å²) in [5.41, 5.74) is 7.96. The molecule has 0 aromatic heterocycles. The molecule has 21 heavy (non-hydrogen) atoms. The highest BCUT2D eigenvalue weighted by Gasteiger charge is 2.19. The highest BCUT2D eigenvalue weighted by Crippen LogP contribution is 2.28. The van der Waals surface area contributed by atoms with E-state index in [1.165, 1.54) is 19.3 Å². The summed E-state index contributed by atoms with van der Waals surface area (Å²) in [6, 6.07) is 7.57. The van der Waals surface area contributed by atoms with E-state index >= 15 is 0 Å². The number of benzene rings is 1. The van der Waals surface area contributed by atoms with Crippen LogP contribution in [0.4, 0.5) is 11.4 Å². The number of anilines is 2. The Kier molecular flexibility index (Phi) is 5.62. The molecule has 0 aliphatic carbocycles. The molecule has 2 rings (SSSR count). The van der Waals surface area contributed by atoms with Crippen molar-refractivity contribution < 1.29 is 4.79 Å². The molecule has 1 atom stereocenters. The van der Waals surface area contributed by atoms with Crippen LogP contribution in [0.15, 0.2) is 24.3 Å². The molecule has 0 saturated carbocycles. The first-order valence-electron chi connectivity index (χ1n) is 7.98. The normalized spacial score (nSPS) is 16.9. The fraction of sp³-hybridized carbons (Fsp3) is 0.588. The van der Waals surface area contributed by atoms with Gasteiger partial charge in [0.25, 0.3) is 0 Å². The van der Waals surface area contributed by atoms with Crippen LogP contribution in [0.5, 0.6) is 0 Å². The van der Waals surface area contributed by atoms with Crippen molar-refractivity contribution in [1.29, 1.82) is 0 Å². The Hall–Kier alpha value is -1.55. The molecule has 1 aliphatic heterocycles. The van der Waals surface area contributed by atoms with E-state index < -0.39 is 6.04 Å². The van der Waals surface area contributed by atoms with E-state index in [-0.39, 0.29) is 5.91 Å². The third kappa shape index (κ3) is 4.46. The van der Waals surface area contributed by atoms with Crippen molar-refractivity contribution in [3.05, 3.63) is 24.3 Å². The Morgan fingerprint density at radius 3 is 2.57 bits per heavy atom. The summed E-state index contributed by atoms with van der Waals surface area (Å²) in [6.07, 6.45) is 4.44. The minimum absolute atomic E-state index is 0.0897. The van der Waals surface area contributed by atoms with Gasteiger partial charge in [-0.3, -0.25) is 4.79 Å². The van der Waals surface area contributed by atoms with E-state index in [9.17, 15) is 4.79 Å². The number of para-hydroxylation sites is 2. The predicted molar refractivity (Wildman–Crippen MR) is 88.6 cm³/mol. The van der Waals surface area contributed by atoms with Crippen LogP contribution in [0.25, 0.3) is 0 Å². The summed E-state index contributed by atoms with van der Waals surface area (Å²) in [4.78, 5) is 14.6. The quantitative estimate of drug-likeness (QED) is 0.876. The number of hydrogen-bond acceptors (Lipinski definition) is 3. The molecule has 1 fully saturated rings. The Morgan fingerprint density at radius 2 is 1.90 bits per heavy atom. The molecule has 4 heteroatoms. The molecule has 1 heterocycles. The average Bonchev–Trinajstić information content (AvgIpc) is 2.48. The Bertz CT molecular complexity index is 467. The van der Waals surface area contributed by atoms with E-state index in [4.69, 9.17) is 5.73 Å².